The Bertz CT molecular complexity index is 751. The van der Waals surface area contributed by atoms with E-state index in [9.17, 15) is 0 Å². The van der Waals surface area contributed by atoms with Crippen molar-refractivity contribution in [3.63, 3.8) is 0 Å². The van der Waals surface area contributed by atoms with Crippen LogP contribution in [0.15, 0.2) is 24.4 Å². The number of aromatic nitrogens is 4. The van der Waals surface area contributed by atoms with E-state index in [1.54, 1.807) is 20.4 Å². The second kappa shape index (κ2) is 5.12. The first-order valence-electron chi connectivity index (χ1n) is 6.80. The predicted molar refractivity (Wildman–Crippen MR) is 80.8 cm³/mol. The van der Waals surface area contributed by atoms with E-state index in [1.165, 1.54) is 0 Å². The standard InChI is InChI=1S/C15H18N4O2/c1-9(2)19-15-10(8-16-19)17-14(18-15)13-11(20-3)6-5-7-12(13)21-4/h5-9H,1-4H3,(H,17,18). The van der Waals surface area contributed by atoms with Gasteiger partial charge in [-0.25, -0.2) is 9.67 Å². The number of hydrogen-bond donors (Lipinski definition) is 1. The molecule has 0 bridgehead atoms. The molecule has 2 aromatic heterocycles. The zero-order valence-corrected chi connectivity index (χ0v) is 12.5. The van der Waals surface area contributed by atoms with Gasteiger partial charge < -0.3 is 14.5 Å². The van der Waals surface area contributed by atoms with Crippen LogP contribution in [0.2, 0.25) is 0 Å². The molecule has 6 nitrogen and oxygen atoms in total. The van der Waals surface area contributed by atoms with Crippen molar-refractivity contribution in [2.75, 3.05) is 14.2 Å². The lowest BCUT2D eigenvalue weighted by molar-refractivity contribution is 0.397. The monoisotopic (exact) mass is 286 g/mol. The smallest absolute Gasteiger partial charge is 0.177 e. The van der Waals surface area contributed by atoms with Crippen LogP contribution < -0.4 is 9.47 Å². The van der Waals surface area contributed by atoms with E-state index >= 15 is 0 Å². The van der Waals surface area contributed by atoms with Gasteiger partial charge in [0.25, 0.3) is 0 Å². The molecule has 6 heteroatoms. The average molecular weight is 286 g/mol. The Hall–Kier alpha value is -2.50. The molecule has 0 saturated carbocycles. The van der Waals surface area contributed by atoms with E-state index < -0.39 is 0 Å². The van der Waals surface area contributed by atoms with E-state index in [2.05, 4.69) is 28.9 Å². The second-order valence-electron chi connectivity index (χ2n) is 5.04. The number of ether oxygens (including phenoxy) is 2. The second-order valence-corrected chi connectivity index (χ2v) is 5.04. The van der Waals surface area contributed by atoms with E-state index in [4.69, 9.17) is 9.47 Å². The summed E-state index contributed by atoms with van der Waals surface area (Å²) in [6.07, 6.45) is 1.79. The van der Waals surface area contributed by atoms with Gasteiger partial charge in [-0.1, -0.05) is 6.07 Å². The van der Waals surface area contributed by atoms with Crippen molar-refractivity contribution in [3.8, 4) is 22.9 Å². The number of hydrogen-bond acceptors (Lipinski definition) is 4. The molecule has 0 fully saturated rings. The first kappa shape index (κ1) is 13.5. The molecule has 0 aliphatic rings. The maximum Gasteiger partial charge on any atom is 0.177 e. The molecule has 0 aliphatic carbocycles. The maximum atomic E-state index is 5.43. The van der Waals surface area contributed by atoms with Crippen molar-refractivity contribution < 1.29 is 9.47 Å². The molecule has 0 radical (unpaired) electrons. The van der Waals surface area contributed by atoms with Crippen molar-refractivity contribution in [2.24, 2.45) is 0 Å². The highest BCUT2D eigenvalue weighted by Crippen LogP contribution is 2.37. The number of nitrogens with zero attached hydrogens (tertiary/aromatic N) is 3. The minimum absolute atomic E-state index is 0.248. The van der Waals surface area contributed by atoms with Gasteiger partial charge in [-0.3, -0.25) is 0 Å². The molecule has 0 amide bonds. The molecule has 3 rings (SSSR count). The fourth-order valence-corrected chi connectivity index (χ4v) is 2.40. The first-order chi connectivity index (χ1) is 10.2. The SMILES string of the molecule is COc1cccc(OC)c1-c1nc2c(cnn2C(C)C)[nH]1. The Kier molecular flexibility index (Phi) is 3.29. The predicted octanol–water partition coefficient (Wildman–Crippen LogP) is 3.02. The molecular formula is C15H18N4O2. The zero-order valence-electron chi connectivity index (χ0n) is 12.5. The Labute approximate surface area is 122 Å². The van der Waals surface area contributed by atoms with Gasteiger partial charge in [-0.15, -0.1) is 0 Å². The highest BCUT2D eigenvalue weighted by molar-refractivity contribution is 5.80. The van der Waals surface area contributed by atoms with Gasteiger partial charge in [-0.05, 0) is 26.0 Å². The van der Waals surface area contributed by atoms with Crippen LogP contribution in [0.3, 0.4) is 0 Å². The van der Waals surface area contributed by atoms with E-state index in [1.807, 2.05) is 22.9 Å². The number of imidazole rings is 1. The first-order valence-corrected chi connectivity index (χ1v) is 6.80. The molecular weight excluding hydrogens is 268 g/mol. The Morgan fingerprint density at radius 2 is 1.81 bits per heavy atom. The summed E-state index contributed by atoms with van der Waals surface area (Å²) in [7, 11) is 3.27. The van der Waals surface area contributed by atoms with E-state index in [0.717, 1.165) is 28.2 Å². The van der Waals surface area contributed by atoms with Crippen LogP contribution in [0.1, 0.15) is 19.9 Å². The minimum atomic E-state index is 0.248. The number of H-pyrrole nitrogens is 1. The van der Waals surface area contributed by atoms with Crippen molar-refractivity contribution in [3.05, 3.63) is 24.4 Å². The number of fused-ring (bicyclic) bond motifs is 1. The molecule has 0 spiro atoms. The van der Waals surface area contributed by atoms with Crippen LogP contribution in [0.25, 0.3) is 22.6 Å². The topological polar surface area (TPSA) is 65.0 Å². The lowest BCUT2D eigenvalue weighted by Gasteiger charge is -2.10. The van der Waals surface area contributed by atoms with E-state index in [0.29, 0.717) is 5.82 Å². The maximum absolute atomic E-state index is 5.43. The summed E-state index contributed by atoms with van der Waals surface area (Å²) < 4.78 is 12.7. The largest absolute Gasteiger partial charge is 0.496 e. The third-order valence-electron chi connectivity index (χ3n) is 3.39. The van der Waals surface area contributed by atoms with Crippen molar-refractivity contribution >= 4 is 11.2 Å². The molecule has 0 saturated heterocycles. The summed E-state index contributed by atoms with van der Waals surface area (Å²) in [5.74, 6) is 2.15. The van der Waals surface area contributed by atoms with Gasteiger partial charge in [0.2, 0.25) is 0 Å². The normalized spacial score (nSPS) is 11.3. The number of methoxy groups -OCH3 is 2. The Balaban J connectivity index is 2.21. The highest BCUT2D eigenvalue weighted by atomic mass is 16.5. The summed E-state index contributed by atoms with van der Waals surface area (Å²) in [5, 5.41) is 4.34. The number of rotatable bonds is 4. The van der Waals surface area contributed by atoms with Crippen LogP contribution in [-0.2, 0) is 0 Å². The van der Waals surface area contributed by atoms with E-state index in [-0.39, 0.29) is 6.04 Å². The minimum Gasteiger partial charge on any atom is -0.496 e. The molecule has 1 N–H and O–H groups in total. The van der Waals surface area contributed by atoms with Gasteiger partial charge in [0.1, 0.15) is 28.4 Å². The van der Waals surface area contributed by atoms with Crippen molar-refractivity contribution in [1.82, 2.24) is 19.7 Å². The third-order valence-corrected chi connectivity index (χ3v) is 3.39. The van der Waals surface area contributed by atoms with Crippen LogP contribution in [0.4, 0.5) is 0 Å². The fourth-order valence-electron chi connectivity index (χ4n) is 2.40. The molecule has 21 heavy (non-hydrogen) atoms. The highest BCUT2D eigenvalue weighted by Gasteiger charge is 2.18. The molecule has 0 aliphatic heterocycles. The summed E-state index contributed by atoms with van der Waals surface area (Å²) in [4.78, 5) is 7.95. The van der Waals surface area contributed by atoms with Gasteiger partial charge in [-0.2, -0.15) is 5.10 Å². The Morgan fingerprint density at radius 3 is 2.38 bits per heavy atom. The number of benzene rings is 1. The average Bonchev–Trinajstić information content (AvgIpc) is 3.05. The molecule has 2 heterocycles. The lowest BCUT2D eigenvalue weighted by Crippen LogP contribution is -2.02. The van der Waals surface area contributed by atoms with Crippen LogP contribution in [0, 0.1) is 0 Å². The van der Waals surface area contributed by atoms with Crippen LogP contribution in [0.5, 0.6) is 11.5 Å². The van der Waals surface area contributed by atoms with Crippen molar-refractivity contribution in [1.29, 1.82) is 0 Å². The summed E-state index contributed by atoms with van der Waals surface area (Å²) in [6, 6.07) is 5.91. The molecule has 0 atom stereocenters. The fraction of sp³-hybridized carbons (Fsp3) is 0.333. The van der Waals surface area contributed by atoms with Crippen molar-refractivity contribution in [2.45, 2.75) is 19.9 Å². The third kappa shape index (κ3) is 2.12. The number of nitrogens with one attached hydrogen (secondary N) is 1. The van der Waals surface area contributed by atoms with Gasteiger partial charge in [0, 0.05) is 6.04 Å². The van der Waals surface area contributed by atoms with Gasteiger partial charge in [0.15, 0.2) is 5.65 Å². The quantitative estimate of drug-likeness (QED) is 0.800. The lowest BCUT2D eigenvalue weighted by atomic mass is 10.1. The summed E-state index contributed by atoms with van der Waals surface area (Å²) >= 11 is 0. The van der Waals surface area contributed by atoms with Gasteiger partial charge >= 0.3 is 0 Å². The van der Waals surface area contributed by atoms with Crippen LogP contribution in [-0.4, -0.2) is 34.0 Å². The summed E-state index contributed by atoms with van der Waals surface area (Å²) in [6.45, 7) is 4.15. The molecule has 0 unspecified atom stereocenters. The van der Waals surface area contributed by atoms with Gasteiger partial charge in [0.05, 0.1) is 20.4 Å². The molecule has 110 valence electrons. The van der Waals surface area contributed by atoms with Crippen LogP contribution >= 0.6 is 0 Å². The molecule has 1 aromatic carbocycles. The summed E-state index contributed by atoms with van der Waals surface area (Å²) in [5.41, 5.74) is 2.54. The Morgan fingerprint density at radius 1 is 1.14 bits per heavy atom. The zero-order chi connectivity index (χ0) is 15.0. The number of aromatic amines is 1. The molecule has 3 aromatic rings.